The van der Waals surface area contributed by atoms with Gasteiger partial charge in [-0.2, -0.15) is 5.10 Å². The van der Waals surface area contributed by atoms with Gasteiger partial charge in [0, 0.05) is 18.8 Å². The number of nitrogens with one attached hydrogen (secondary N) is 1. The van der Waals surface area contributed by atoms with Crippen molar-refractivity contribution >= 4 is 17.6 Å². The van der Waals surface area contributed by atoms with E-state index < -0.39 is 36.2 Å². The number of hydrogen-bond acceptors (Lipinski definition) is 6. The van der Waals surface area contributed by atoms with Gasteiger partial charge in [0.05, 0.1) is 0 Å². The number of benzene rings is 1. The maximum absolute atomic E-state index is 12.1. The number of halogens is 3. The molecule has 1 aromatic heterocycles. The summed E-state index contributed by atoms with van der Waals surface area (Å²) in [6.07, 6.45) is -4.81. The molecule has 0 fully saturated rings. The second-order valence-corrected chi connectivity index (χ2v) is 4.88. The Morgan fingerprint density at radius 3 is 2.38 bits per heavy atom. The third kappa shape index (κ3) is 5.61. The third-order valence-corrected chi connectivity index (χ3v) is 2.88. The fourth-order valence-corrected chi connectivity index (χ4v) is 1.75. The molecule has 1 heterocycles. The second-order valence-electron chi connectivity index (χ2n) is 4.88. The minimum absolute atomic E-state index is 0.159. The normalized spacial score (nSPS) is 10.9. The predicted octanol–water partition coefficient (Wildman–Crippen LogP) is 1.47. The monoisotopic (exact) mass is 371 g/mol. The molecule has 0 radical (unpaired) electrons. The molecule has 1 aromatic carbocycles. The zero-order valence-corrected chi connectivity index (χ0v) is 13.2. The Hall–Kier alpha value is -3.37. The van der Waals surface area contributed by atoms with Crippen LogP contribution in [0.1, 0.15) is 10.5 Å². The van der Waals surface area contributed by atoms with Gasteiger partial charge < -0.3 is 14.8 Å². The van der Waals surface area contributed by atoms with Crippen LogP contribution in [0.4, 0.5) is 18.9 Å². The molecular formula is C15H12F3N3O5. The first kappa shape index (κ1) is 19.0. The molecule has 8 nitrogen and oxygen atoms in total. The molecule has 1 N–H and O–H groups in total. The Morgan fingerprint density at radius 2 is 1.81 bits per heavy atom. The molecule has 0 aliphatic carbocycles. The molecule has 0 saturated heterocycles. The first-order valence-corrected chi connectivity index (χ1v) is 7.01. The maximum Gasteiger partial charge on any atom is 0.573 e. The molecule has 0 atom stereocenters. The van der Waals surface area contributed by atoms with E-state index >= 15 is 0 Å². The van der Waals surface area contributed by atoms with Crippen molar-refractivity contribution < 1.29 is 32.2 Å². The lowest BCUT2D eigenvalue weighted by atomic mass is 10.3. The first-order valence-electron chi connectivity index (χ1n) is 7.01. The van der Waals surface area contributed by atoms with Crippen molar-refractivity contribution in [3.63, 3.8) is 0 Å². The molecule has 1 amide bonds. The molecule has 2 aromatic rings. The van der Waals surface area contributed by atoms with E-state index in [1.807, 2.05) is 0 Å². The number of aryl methyl sites for hydroxylation is 1. The number of ether oxygens (including phenoxy) is 2. The summed E-state index contributed by atoms with van der Waals surface area (Å²) in [6, 6.07) is 6.69. The molecule has 0 bridgehead atoms. The van der Waals surface area contributed by atoms with Gasteiger partial charge >= 0.3 is 12.3 Å². The molecule has 2 rings (SSSR count). The fraction of sp³-hybridized carbons (Fsp3) is 0.200. The maximum atomic E-state index is 12.1. The summed E-state index contributed by atoms with van der Waals surface area (Å²) in [5.74, 6) is -2.07. The fourth-order valence-electron chi connectivity index (χ4n) is 1.75. The molecule has 0 saturated carbocycles. The third-order valence-electron chi connectivity index (χ3n) is 2.88. The molecule has 11 heteroatoms. The van der Waals surface area contributed by atoms with Crippen LogP contribution in [0.25, 0.3) is 0 Å². The van der Waals surface area contributed by atoms with Crippen LogP contribution in [-0.2, 0) is 16.6 Å². The van der Waals surface area contributed by atoms with Crippen molar-refractivity contribution in [3.8, 4) is 5.75 Å². The van der Waals surface area contributed by atoms with Crippen molar-refractivity contribution in [1.29, 1.82) is 0 Å². The quantitative estimate of drug-likeness (QED) is 0.799. The molecule has 0 aliphatic rings. The number of rotatable bonds is 5. The van der Waals surface area contributed by atoms with Gasteiger partial charge in [0.2, 0.25) is 0 Å². The summed E-state index contributed by atoms with van der Waals surface area (Å²) in [5, 5.41) is 6.00. The highest BCUT2D eigenvalue weighted by atomic mass is 19.4. The number of amides is 1. The number of carbonyl (C=O) groups is 2. The Balaban J connectivity index is 1.87. The average molecular weight is 371 g/mol. The van der Waals surface area contributed by atoms with Crippen molar-refractivity contribution in [2.45, 2.75) is 6.36 Å². The summed E-state index contributed by atoms with van der Waals surface area (Å²) in [7, 11) is 1.35. The number of esters is 1. The van der Waals surface area contributed by atoms with E-state index in [2.05, 4.69) is 15.2 Å². The number of alkyl halides is 3. The van der Waals surface area contributed by atoms with Crippen LogP contribution in [0.15, 0.2) is 41.2 Å². The summed E-state index contributed by atoms with van der Waals surface area (Å²) in [4.78, 5) is 34.6. The predicted molar refractivity (Wildman–Crippen MR) is 81.5 cm³/mol. The van der Waals surface area contributed by atoms with E-state index in [0.717, 1.165) is 28.9 Å². The molecule has 0 aliphatic heterocycles. The lowest BCUT2D eigenvalue weighted by Crippen LogP contribution is -2.24. The van der Waals surface area contributed by atoms with Gasteiger partial charge in [0.15, 0.2) is 12.3 Å². The van der Waals surface area contributed by atoms with E-state index in [0.29, 0.717) is 0 Å². The number of nitrogens with zero attached hydrogens (tertiary/aromatic N) is 2. The molecule has 0 spiro atoms. The van der Waals surface area contributed by atoms with Crippen LogP contribution >= 0.6 is 0 Å². The van der Waals surface area contributed by atoms with Crippen molar-refractivity contribution in [3.05, 3.63) is 52.4 Å². The van der Waals surface area contributed by atoms with Crippen LogP contribution in [0.3, 0.4) is 0 Å². The SMILES string of the molecule is Cn1nc(C(=O)OCC(=O)Nc2ccc(OC(F)(F)F)cc2)ccc1=O. The number of aromatic nitrogens is 2. The van der Waals surface area contributed by atoms with Crippen molar-refractivity contribution in [2.75, 3.05) is 11.9 Å². The van der Waals surface area contributed by atoms with Gasteiger partial charge in [-0.1, -0.05) is 0 Å². The first-order chi connectivity index (χ1) is 12.1. The lowest BCUT2D eigenvalue weighted by molar-refractivity contribution is -0.274. The van der Waals surface area contributed by atoms with Gasteiger partial charge in [-0.15, -0.1) is 13.2 Å². The Kier molecular flexibility index (Phi) is 5.60. The zero-order valence-electron chi connectivity index (χ0n) is 13.2. The van der Waals surface area contributed by atoms with E-state index in [-0.39, 0.29) is 11.4 Å². The molecule has 0 unspecified atom stereocenters. The summed E-state index contributed by atoms with van der Waals surface area (Å²) in [6.45, 7) is -0.649. The van der Waals surface area contributed by atoms with Gasteiger partial charge in [-0.3, -0.25) is 9.59 Å². The Bertz CT molecular complexity index is 862. The Labute approximate surface area is 144 Å². The van der Waals surface area contributed by atoms with E-state index in [1.165, 1.54) is 19.2 Å². The average Bonchev–Trinajstić information content (AvgIpc) is 2.55. The van der Waals surface area contributed by atoms with Gasteiger partial charge in [-0.25, -0.2) is 9.48 Å². The highest BCUT2D eigenvalue weighted by molar-refractivity contribution is 5.94. The van der Waals surface area contributed by atoms with Gasteiger partial charge in [0.1, 0.15) is 5.75 Å². The lowest BCUT2D eigenvalue weighted by Gasteiger charge is -2.10. The van der Waals surface area contributed by atoms with Crippen molar-refractivity contribution in [2.24, 2.45) is 7.05 Å². The summed E-state index contributed by atoms with van der Waals surface area (Å²) >= 11 is 0. The zero-order chi connectivity index (χ0) is 19.3. The second kappa shape index (κ2) is 7.68. The van der Waals surface area contributed by atoms with E-state index in [4.69, 9.17) is 4.74 Å². The minimum atomic E-state index is -4.81. The smallest absolute Gasteiger partial charge is 0.451 e. The molecular weight excluding hydrogens is 359 g/mol. The number of carbonyl (C=O) groups excluding carboxylic acids is 2. The van der Waals surface area contributed by atoms with Gasteiger partial charge in [-0.05, 0) is 30.3 Å². The largest absolute Gasteiger partial charge is 0.573 e. The van der Waals surface area contributed by atoms with Crippen LogP contribution in [-0.4, -0.2) is 34.6 Å². The van der Waals surface area contributed by atoms with E-state index in [9.17, 15) is 27.6 Å². The van der Waals surface area contributed by atoms with Crippen LogP contribution < -0.4 is 15.6 Å². The van der Waals surface area contributed by atoms with Crippen LogP contribution in [0.2, 0.25) is 0 Å². The minimum Gasteiger partial charge on any atom is -0.451 e. The Morgan fingerprint density at radius 1 is 1.15 bits per heavy atom. The highest BCUT2D eigenvalue weighted by Crippen LogP contribution is 2.23. The molecule has 26 heavy (non-hydrogen) atoms. The van der Waals surface area contributed by atoms with Crippen molar-refractivity contribution in [1.82, 2.24) is 9.78 Å². The number of anilines is 1. The topological polar surface area (TPSA) is 99.5 Å². The molecule has 138 valence electrons. The number of hydrogen-bond donors (Lipinski definition) is 1. The van der Waals surface area contributed by atoms with E-state index in [1.54, 1.807) is 0 Å². The highest BCUT2D eigenvalue weighted by Gasteiger charge is 2.30. The van der Waals surface area contributed by atoms with Gasteiger partial charge in [0.25, 0.3) is 11.5 Å². The van der Waals surface area contributed by atoms with Crippen LogP contribution in [0, 0.1) is 0 Å². The summed E-state index contributed by atoms with van der Waals surface area (Å²) < 4.78 is 45.5. The standard InChI is InChI=1S/C15H12F3N3O5/c1-21-13(23)7-6-11(20-21)14(24)25-8-12(22)19-9-2-4-10(5-3-9)26-15(16,17)18/h2-7H,8H2,1H3,(H,19,22). The van der Waals surface area contributed by atoms with Crippen LogP contribution in [0.5, 0.6) is 5.75 Å². The summed E-state index contributed by atoms with van der Waals surface area (Å²) in [5.41, 5.74) is -0.397.